The number of carbonyl (C=O) groups excluding carboxylic acids is 1. The van der Waals surface area contributed by atoms with E-state index < -0.39 is 10.0 Å². The van der Waals surface area contributed by atoms with Gasteiger partial charge in [0.1, 0.15) is 0 Å². The molecule has 0 saturated heterocycles. The maximum Gasteiger partial charge on any atom is 0.238 e. The average Bonchev–Trinajstić information content (AvgIpc) is 2.95. The standard InChI is InChI=1S/C17H17BrN2O3S/c18-15-4-3-12-7-14(8-13(12)9-15)17(21)20-10-11-1-5-16(6-2-11)24(19,22)23/h1-6,9,14H,7-8,10H2,(H,20,21)(H2,19,22,23). The summed E-state index contributed by atoms with van der Waals surface area (Å²) in [6, 6.07) is 12.3. The summed E-state index contributed by atoms with van der Waals surface area (Å²) in [5.41, 5.74) is 3.26. The van der Waals surface area contributed by atoms with E-state index in [1.165, 1.54) is 23.3 Å². The minimum absolute atomic E-state index is 0.0119. The molecule has 2 aromatic rings. The first-order valence-corrected chi connectivity index (χ1v) is 9.83. The van der Waals surface area contributed by atoms with Gasteiger partial charge in [-0.25, -0.2) is 13.6 Å². The Kier molecular flexibility index (Phi) is 4.76. The van der Waals surface area contributed by atoms with E-state index in [9.17, 15) is 13.2 Å². The Morgan fingerprint density at radius 1 is 1.12 bits per heavy atom. The first kappa shape index (κ1) is 17.1. The lowest BCUT2D eigenvalue weighted by Crippen LogP contribution is -2.30. The van der Waals surface area contributed by atoms with Gasteiger partial charge in [-0.1, -0.05) is 34.1 Å². The fourth-order valence-electron chi connectivity index (χ4n) is 2.90. The van der Waals surface area contributed by atoms with Gasteiger partial charge in [0, 0.05) is 16.9 Å². The van der Waals surface area contributed by atoms with Crippen LogP contribution in [-0.2, 0) is 34.2 Å². The van der Waals surface area contributed by atoms with E-state index >= 15 is 0 Å². The normalized spacial score (nSPS) is 16.7. The number of hydrogen-bond acceptors (Lipinski definition) is 3. The number of fused-ring (bicyclic) bond motifs is 1. The lowest BCUT2D eigenvalue weighted by molar-refractivity contribution is -0.124. The number of nitrogens with two attached hydrogens (primary N) is 1. The van der Waals surface area contributed by atoms with E-state index in [4.69, 9.17) is 5.14 Å². The highest BCUT2D eigenvalue weighted by atomic mass is 79.9. The van der Waals surface area contributed by atoms with Crippen molar-refractivity contribution in [1.29, 1.82) is 0 Å². The van der Waals surface area contributed by atoms with Crippen molar-refractivity contribution >= 4 is 31.9 Å². The van der Waals surface area contributed by atoms with Crippen molar-refractivity contribution in [2.24, 2.45) is 11.1 Å². The molecule has 5 nitrogen and oxygen atoms in total. The largest absolute Gasteiger partial charge is 0.352 e. The molecule has 1 aliphatic rings. The molecule has 0 radical (unpaired) electrons. The summed E-state index contributed by atoms with van der Waals surface area (Å²) >= 11 is 3.45. The molecule has 2 aromatic carbocycles. The molecule has 0 fully saturated rings. The van der Waals surface area contributed by atoms with Gasteiger partial charge < -0.3 is 5.32 Å². The predicted molar refractivity (Wildman–Crippen MR) is 94.7 cm³/mol. The van der Waals surface area contributed by atoms with Crippen LogP contribution in [0.4, 0.5) is 0 Å². The van der Waals surface area contributed by atoms with Gasteiger partial charge in [0.2, 0.25) is 15.9 Å². The highest BCUT2D eigenvalue weighted by Crippen LogP contribution is 2.29. The molecule has 1 aliphatic carbocycles. The second-order valence-corrected chi connectivity index (χ2v) is 8.40. The number of amides is 1. The van der Waals surface area contributed by atoms with Crippen LogP contribution < -0.4 is 10.5 Å². The third kappa shape index (κ3) is 3.85. The van der Waals surface area contributed by atoms with Crippen LogP contribution in [0.25, 0.3) is 0 Å². The van der Waals surface area contributed by atoms with Gasteiger partial charge in [0.15, 0.2) is 0 Å². The predicted octanol–water partition coefficient (Wildman–Crippen LogP) is 2.13. The van der Waals surface area contributed by atoms with Gasteiger partial charge >= 0.3 is 0 Å². The lowest BCUT2D eigenvalue weighted by atomic mass is 10.1. The van der Waals surface area contributed by atoms with Gasteiger partial charge in [-0.15, -0.1) is 0 Å². The van der Waals surface area contributed by atoms with Crippen LogP contribution in [0.3, 0.4) is 0 Å². The lowest BCUT2D eigenvalue weighted by Gasteiger charge is -2.10. The third-order valence-corrected chi connectivity index (χ3v) is 5.61. The minimum atomic E-state index is -3.69. The second kappa shape index (κ2) is 6.66. The van der Waals surface area contributed by atoms with Crippen LogP contribution >= 0.6 is 15.9 Å². The van der Waals surface area contributed by atoms with E-state index in [-0.39, 0.29) is 16.7 Å². The van der Waals surface area contributed by atoms with Gasteiger partial charge in [0.25, 0.3) is 0 Å². The van der Waals surface area contributed by atoms with Crippen LogP contribution in [0, 0.1) is 5.92 Å². The third-order valence-electron chi connectivity index (χ3n) is 4.19. The minimum Gasteiger partial charge on any atom is -0.352 e. The SMILES string of the molecule is NS(=O)(=O)c1ccc(CNC(=O)C2Cc3ccc(Br)cc3C2)cc1. The first-order valence-electron chi connectivity index (χ1n) is 7.50. The number of primary sulfonamides is 1. The molecular weight excluding hydrogens is 392 g/mol. The maximum absolute atomic E-state index is 12.4. The van der Waals surface area contributed by atoms with Crippen LogP contribution in [0.2, 0.25) is 0 Å². The van der Waals surface area contributed by atoms with E-state index in [1.54, 1.807) is 12.1 Å². The first-order chi connectivity index (χ1) is 11.3. The zero-order valence-corrected chi connectivity index (χ0v) is 15.2. The van der Waals surface area contributed by atoms with E-state index in [2.05, 4.69) is 33.4 Å². The molecule has 3 rings (SSSR count). The maximum atomic E-state index is 12.4. The van der Waals surface area contributed by atoms with Crippen molar-refractivity contribution in [3.05, 3.63) is 63.6 Å². The molecule has 1 amide bonds. The van der Waals surface area contributed by atoms with Crippen LogP contribution in [0.5, 0.6) is 0 Å². The van der Waals surface area contributed by atoms with Gasteiger partial charge in [0.05, 0.1) is 4.90 Å². The summed E-state index contributed by atoms with van der Waals surface area (Å²) in [6.07, 6.45) is 1.49. The number of halogens is 1. The smallest absolute Gasteiger partial charge is 0.238 e. The van der Waals surface area contributed by atoms with Crippen molar-refractivity contribution in [2.75, 3.05) is 0 Å². The Labute approximate surface area is 149 Å². The number of sulfonamides is 1. The molecule has 126 valence electrons. The highest BCUT2D eigenvalue weighted by molar-refractivity contribution is 9.10. The molecule has 1 unspecified atom stereocenters. The molecule has 0 aliphatic heterocycles. The summed E-state index contributed by atoms with van der Waals surface area (Å²) in [5.74, 6) is -0.0455. The molecule has 0 saturated carbocycles. The Balaban J connectivity index is 1.59. The quantitative estimate of drug-likeness (QED) is 0.811. The average molecular weight is 409 g/mol. The number of benzene rings is 2. The molecule has 0 bridgehead atoms. The molecule has 3 N–H and O–H groups in total. The van der Waals surface area contributed by atoms with Gasteiger partial charge in [-0.3, -0.25) is 4.79 Å². The van der Waals surface area contributed by atoms with Crippen molar-refractivity contribution < 1.29 is 13.2 Å². The summed E-state index contributed by atoms with van der Waals surface area (Å²) < 4.78 is 23.5. The van der Waals surface area contributed by atoms with E-state index in [0.717, 1.165) is 22.9 Å². The number of carbonyl (C=O) groups is 1. The summed E-state index contributed by atoms with van der Waals surface area (Å²) in [4.78, 5) is 12.4. The highest BCUT2D eigenvalue weighted by Gasteiger charge is 2.27. The number of hydrogen-bond donors (Lipinski definition) is 2. The Hall–Kier alpha value is -1.70. The summed E-state index contributed by atoms with van der Waals surface area (Å²) in [7, 11) is -3.69. The van der Waals surface area contributed by atoms with Crippen molar-refractivity contribution in [1.82, 2.24) is 5.32 Å². The van der Waals surface area contributed by atoms with Gasteiger partial charge in [-0.2, -0.15) is 0 Å². The fraction of sp³-hybridized carbons (Fsp3) is 0.235. The molecular formula is C17H17BrN2O3S. The Morgan fingerprint density at radius 3 is 2.46 bits per heavy atom. The number of rotatable bonds is 4. The van der Waals surface area contributed by atoms with E-state index in [0.29, 0.717) is 6.54 Å². The molecule has 7 heteroatoms. The Bertz CT molecular complexity index is 879. The summed E-state index contributed by atoms with van der Waals surface area (Å²) in [5, 5.41) is 7.98. The van der Waals surface area contributed by atoms with Crippen molar-refractivity contribution in [3.63, 3.8) is 0 Å². The topological polar surface area (TPSA) is 89.3 Å². The van der Waals surface area contributed by atoms with Crippen molar-refractivity contribution in [3.8, 4) is 0 Å². The number of nitrogens with one attached hydrogen (secondary N) is 1. The van der Waals surface area contributed by atoms with Gasteiger partial charge in [-0.05, 0) is 53.8 Å². The van der Waals surface area contributed by atoms with Crippen LogP contribution in [0.1, 0.15) is 16.7 Å². The molecule has 0 aromatic heterocycles. The van der Waals surface area contributed by atoms with E-state index in [1.807, 2.05) is 6.07 Å². The Morgan fingerprint density at radius 2 is 1.79 bits per heavy atom. The molecule has 24 heavy (non-hydrogen) atoms. The fourth-order valence-corrected chi connectivity index (χ4v) is 3.83. The molecule has 1 atom stereocenters. The van der Waals surface area contributed by atoms with Crippen LogP contribution in [0.15, 0.2) is 51.8 Å². The second-order valence-electron chi connectivity index (χ2n) is 5.92. The molecule has 0 heterocycles. The molecule has 0 spiro atoms. The zero-order chi connectivity index (χ0) is 17.3. The zero-order valence-electron chi connectivity index (χ0n) is 12.8. The monoisotopic (exact) mass is 408 g/mol. The van der Waals surface area contributed by atoms with Crippen LogP contribution in [-0.4, -0.2) is 14.3 Å². The summed E-state index contributed by atoms with van der Waals surface area (Å²) in [6.45, 7) is 0.361. The van der Waals surface area contributed by atoms with Crippen molar-refractivity contribution in [2.45, 2.75) is 24.3 Å².